The Hall–Kier alpha value is -2.20. The number of hydrogen-bond acceptors (Lipinski definition) is 3. The number of H-pyrrole nitrogens is 1. The van der Waals surface area contributed by atoms with Crippen molar-refractivity contribution in [2.75, 3.05) is 13.1 Å². The van der Waals surface area contributed by atoms with Crippen LogP contribution in [0.25, 0.3) is 10.9 Å². The van der Waals surface area contributed by atoms with E-state index in [1.165, 1.54) is 54.6 Å². The van der Waals surface area contributed by atoms with Gasteiger partial charge in [-0.2, -0.15) is 0 Å². The first-order valence-corrected chi connectivity index (χ1v) is 9.50. The van der Waals surface area contributed by atoms with Crippen LogP contribution in [0.3, 0.4) is 0 Å². The van der Waals surface area contributed by atoms with Crippen LogP contribution in [-0.4, -0.2) is 32.9 Å². The third-order valence-corrected chi connectivity index (χ3v) is 5.95. The van der Waals surface area contributed by atoms with E-state index in [9.17, 15) is 0 Å². The highest BCUT2D eigenvalue weighted by Crippen LogP contribution is 2.38. The monoisotopic (exact) mass is 332 g/mol. The van der Waals surface area contributed by atoms with Crippen LogP contribution in [0.2, 0.25) is 0 Å². The highest BCUT2D eigenvalue weighted by molar-refractivity contribution is 5.82. The fourth-order valence-corrected chi connectivity index (χ4v) is 4.74. The van der Waals surface area contributed by atoms with Gasteiger partial charge in [-0.05, 0) is 24.8 Å². The number of para-hydroxylation sites is 1. The smallest absolute Gasteiger partial charge is 0.0926 e. The Balaban J connectivity index is 1.61. The van der Waals surface area contributed by atoms with Crippen molar-refractivity contribution in [2.24, 2.45) is 5.92 Å². The predicted octanol–water partition coefficient (Wildman–Crippen LogP) is 4.10. The van der Waals surface area contributed by atoms with Gasteiger partial charge < -0.3 is 4.98 Å². The van der Waals surface area contributed by atoms with Crippen molar-refractivity contribution in [3.05, 3.63) is 59.8 Å². The lowest BCUT2D eigenvalue weighted by Gasteiger charge is -2.37. The lowest BCUT2D eigenvalue weighted by molar-refractivity contribution is 0.178. The number of aromatic amines is 1. The SMILES string of the molecule is c1cnc2c([C@@H]3c4nc[nH]c4CCN3CC3CCCC3)cccc2c1. The number of rotatable bonds is 3. The Kier molecular flexibility index (Phi) is 3.78. The van der Waals surface area contributed by atoms with Crippen molar-refractivity contribution in [3.8, 4) is 0 Å². The summed E-state index contributed by atoms with van der Waals surface area (Å²) in [4.78, 5) is 15.5. The molecule has 1 aliphatic carbocycles. The second kappa shape index (κ2) is 6.26. The lowest BCUT2D eigenvalue weighted by atomic mass is 9.92. The van der Waals surface area contributed by atoms with Gasteiger partial charge in [0.15, 0.2) is 0 Å². The fraction of sp³-hybridized carbons (Fsp3) is 0.429. The molecule has 1 atom stereocenters. The van der Waals surface area contributed by atoms with Crippen molar-refractivity contribution in [2.45, 2.75) is 38.1 Å². The first kappa shape index (κ1) is 15.1. The summed E-state index contributed by atoms with van der Waals surface area (Å²) in [5, 5.41) is 1.21. The van der Waals surface area contributed by atoms with Crippen LogP contribution >= 0.6 is 0 Å². The van der Waals surface area contributed by atoms with E-state index >= 15 is 0 Å². The Labute approximate surface area is 148 Å². The number of fused-ring (bicyclic) bond motifs is 2. The molecule has 4 heteroatoms. The van der Waals surface area contributed by atoms with Gasteiger partial charge in [0, 0.05) is 42.4 Å². The van der Waals surface area contributed by atoms with Crippen molar-refractivity contribution in [1.82, 2.24) is 19.9 Å². The van der Waals surface area contributed by atoms with Gasteiger partial charge >= 0.3 is 0 Å². The quantitative estimate of drug-likeness (QED) is 0.785. The summed E-state index contributed by atoms with van der Waals surface area (Å²) < 4.78 is 0. The Bertz CT molecular complexity index is 873. The molecule has 1 aliphatic heterocycles. The highest BCUT2D eigenvalue weighted by atomic mass is 15.2. The summed E-state index contributed by atoms with van der Waals surface area (Å²) in [7, 11) is 0. The Morgan fingerprint density at radius 1 is 1.08 bits per heavy atom. The molecular formula is C21H24N4. The molecular weight excluding hydrogens is 308 g/mol. The first-order valence-electron chi connectivity index (χ1n) is 9.50. The fourth-order valence-electron chi connectivity index (χ4n) is 4.74. The van der Waals surface area contributed by atoms with Gasteiger partial charge in [-0.3, -0.25) is 9.88 Å². The van der Waals surface area contributed by atoms with Gasteiger partial charge in [-0.1, -0.05) is 37.1 Å². The molecule has 0 saturated heterocycles. The van der Waals surface area contributed by atoms with Crippen LogP contribution in [0.1, 0.15) is 48.7 Å². The minimum Gasteiger partial charge on any atom is -0.348 e. The minimum atomic E-state index is 0.217. The van der Waals surface area contributed by atoms with Gasteiger partial charge in [-0.25, -0.2) is 4.98 Å². The summed E-state index contributed by atoms with van der Waals surface area (Å²) in [5.41, 5.74) is 4.90. The maximum atomic E-state index is 4.72. The van der Waals surface area contributed by atoms with E-state index in [0.717, 1.165) is 24.4 Å². The van der Waals surface area contributed by atoms with Crippen LogP contribution < -0.4 is 0 Å². The van der Waals surface area contributed by atoms with Gasteiger partial charge in [0.1, 0.15) is 0 Å². The summed E-state index contributed by atoms with van der Waals surface area (Å²) in [6.45, 7) is 2.28. The number of aromatic nitrogens is 3. The molecule has 1 saturated carbocycles. The predicted molar refractivity (Wildman–Crippen MR) is 99.4 cm³/mol. The van der Waals surface area contributed by atoms with Crippen LogP contribution in [0, 0.1) is 5.92 Å². The number of hydrogen-bond donors (Lipinski definition) is 1. The second-order valence-electron chi connectivity index (χ2n) is 7.49. The normalized spacial score (nSPS) is 21.7. The number of nitrogens with zero attached hydrogens (tertiary/aromatic N) is 3. The molecule has 4 nitrogen and oxygen atoms in total. The molecule has 0 bridgehead atoms. The maximum Gasteiger partial charge on any atom is 0.0926 e. The third-order valence-electron chi connectivity index (χ3n) is 5.95. The molecule has 0 spiro atoms. The molecule has 3 heterocycles. The van der Waals surface area contributed by atoms with Gasteiger partial charge in [-0.15, -0.1) is 0 Å². The maximum absolute atomic E-state index is 4.72. The standard InChI is InChI=1S/C21H24N4/c1-2-6-15(5-1)13-25-12-10-18-20(24-14-23-18)21(25)17-9-3-7-16-8-4-11-22-19(16)17/h3-4,7-9,11,14-15,21H,1-2,5-6,10,12-13H2,(H,23,24)/t21-/m1/s1. The zero-order valence-corrected chi connectivity index (χ0v) is 14.5. The van der Waals surface area contributed by atoms with E-state index in [-0.39, 0.29) is 6.04 Å². The van der Waals surface area contributed by atoms with Gasteiger partial charge in [0.05, 0.1) is 23.6 Å². The largest absolute Gasteiger partial charge is 0.348 e. The summed E-state index contributed by atoms with van der Waals surface area (Å²) in [5.74, 6) is 0.839. The molecule has 25 heavy (non-hydrogen) atoms. The molecule has 3 aromatic rings. The molecule has 0 amide bonds. The lowest BCUT2D eigenvalue weighted by Crippen LogP contribution is -2.39. The average Bonchev–Trinajstić information content (AvgIpc) is 3.33. The first-order chi connectivity index (χ1) is 12.4. The molecule has 2 aliphatic rings. The topological polar surface area (TPSA) is 44.8 Å². The van der Waals surface area contributed by atoms with E-state index in [4.69, 9.17) is 9.97 Å². The summed E-state index contributed by atoms with van der Waals surface area (Å²) in [6, 6.07) is 10.9. The molecule has 5 rings (SSSR count). The molecule has 1 fully saturated rings. The number of pyridine rings is 1. The van der Waals surface area contributed by atoms with E-state index < -0.39 is 0 Å². The third kappa shape index (κ3) is 2.65. The summed E-state index contributed by atoms with van der Waals surface area (Å²) >= 11 is 0. The number of nitrogens with one attached hydrogen (secondary N) is 1. The molecule has 0 radical (unpaired) electrons. The minimum absolute atomic E-state index is 0.217. The zero-order chi connectivity index (χ0) is 16.6. The van der Waals surface area contributed by atoms with Crippen LogP contribution in [0.15, 0.2) is 42.9 Å². The van der Waals surface area contributed by atoms with E-state index in [2.05, 4.69) is 34.1 Å². The van der Waals surface area contributed by atoms with Crippen LogP contribution in [0.5, 0.6) is 0 Å². The molecule has 0 unspecified atom stereocenters. The van der Waals surface area contributed by atoms with E-state index in [0.29, 0.717) is 0 Å². The Morgan fingerprint density at radius 3 is 2.88 bits per heavy atom. The molecule has 128 valence electrons. The summed E-state index contributed by atoms with van der Waals surface area (Å²) in [6.07, 6.45) is 10.4. The van der Waals surface area contributed by atoms with Gasteiger partial charge in [0.25, 0.3) is 0 Å². The zero-order valence-electron chi connectivity index (χ0n) is 14.5. The van der Waals surface area contributed by atoms with Crippen molar-refractivity contribution in [1.29, 1.82) is 0 Å². The molecule has 1 N–H and O–H groups in total. The second-order valence-corrected chi connectivity index (χ2v) is 7.49. The highest BCUT2D eigenvalue weighted by Gasteiger charge is 2.33. The number of imidazole rings is 1. The van der Waals surface area contributed by atoms with Crippen molar-refractivity contribution >= 4 is 10.9 Å². The number of benzene rings is 1. The van der Waals surface area contributed by atoms with Crippen LogP contribution in [-0.2, 0) is 6.42 Å². The molecule has 1 aromatic carbocycles. The van der Waals surface area contributed by atoms with Crippen molar-refractivity contribution in [3.63, 3.8) is 0 Å². The Morgan fingerprint density at radius 2 is 1.96 bits per heavy atom. The van der Waals surface area contributed by atoms with E-state index in [1.807, 2.05) is 18.6 Å². The van der Waals surface area contributed by atoms with Crippen molar-refractivity contribution < 1.29 is 0 Å². The average molecular weight is 332 g/mol. The van der Waals surface area contributed by atoms with E-state index in [1.54, 1.807) is 0 Å². The van der Waals surface area contributed by atoms with Gasteiger partial charge in [0.2, 0.25) is 0 Å². The molecule has 2 aromatic heterocycles. The van der Waals surface area contributed by atoms with Crippen LogP contribution in [0.4, 0.5) is 0 Å².